The lowest BCUT2D eigenvalue weighted by molar-refractivity contribution is -0.396. The van der Waals surface area contributed by atoms with Gasteiger partial charge in [-0.25, -0.2) is 0 Å². The topological polar surface area (TPSA) is 132 Å². The summed E-state index contributed by atoms with van der Waals surface area (Å²) in [6.07, 6.45) is -4.69. The molecule has 0 spiro atoms. The van der Waals surface area contributed by atoms with Crippen LogP contribution in [0.3, 0.4) is 0 Å². The molecule has 0 aliphatic rings. The van der Waals surface area contributed by atoms with Crippen molar-refractivity contribution in [1.82, 2.24) is 0 Å². The predicted molar refractivity (Wildman–Crippen MR) is 96.1 cm³/mol. The molecule has 2 rings (SSSR count). The van der Waals surface area contributed by atoms with Gasteiger partial charge < -0.3 is 5.32 Å². The predicted octanol–water partition coefficient (Wildman–Crippen LogP) is 3.92. The van der Waals surface area contributed by atoms with E-state index in [2.05, 4.69) is 5.32 Å². The first kappa shape index (κ1) is 22.2. The molecule has 29 heavy (non-hydrogen) atoms. The first-order chi connectivity index (χ1) is 13.4. The maximum atomic E-state index is 12.8. The van der Waals surface area contributed by atoms with Gasteiger partial charge in [-0.3, -0.25) is 29.2 Å². The summed E-state index contributed by atoms with van der Waals surface area (Å²) in [6.45, 7) is 0. The molecule has 2 aromatic rings. The van der Waals surface area contributed by atoms with Crippen LogP contribution in [-0.2, 0) is 21.8 Å². The molecule has 0 aromatic heterocycles. The van der Waals surface area contributed by atoms with Gasteiger partial charge in [-0.2, -0.15) is 13.2 Å². The van der Waals surface area contributed by atoms with Crippen LogP contribution in [0.15, 0.2) is 41.3 Å². The van der Waals surface area contributed by atoms with Gasteiger partial charge in [-0.1, -0.05) is 11.6 Å². The van der Waals surface area contributed by atoms with Gasteiger partial charge in [0.2, 0.25) is 5.91 Å². The number of anilines is 1. The van der Waals surface area contributed by atoms with E-state index in [1.807, 2.05) is 0 Å². The average molecular weight is 452 g/mol. The van der Waals surface area contributed by atoms with E-state index in [4.69, 9.17) is 11.6 Å². The Kier molecular flexibility index (Phi) is 6.54. The zero-order valence-electron chi connectivity index (χ0n) is 13.9. The van der Waals surface area contributed by atoms with Crippen LogP contribution < -0.4 is 5.32 Å². The molecular formula is C15H9ClF3N3O6S. The van der Waals surface area contributed by atoms with Gasteiger partial charge in [0.25, 0.3) is 11.4 Å². The summed E-state index contributed by atoms with van der Waals surface area (Å²) >= 11 is 5.75. The van der Waals surface area contributed by atoms with Crippen molar-refractivity contribution >= 4 is 45.4 Å². The minimum atomic E-state index is -4.69. The van der Waals surface area contributed by atoms with E-state index in [1.165, 1.54) is 0 Å². The van der Waals surface area contributed by atoms with E-state index in [0.717, 1.165) is 18.2 Å². The fourth-order valence-corrected chi connectivity index (χ4v) is 3.35. The van der Waals surface area contributed by atoms with Crippen molar-refractivity contribution in [2.24, 2.45) is 0 Å². The number of rotatable bonds is 6. The summed E-state index contributed by atoms with van der Waals surface area (Å²) in [6, 6.07) is 4.54. The number of carbonyl (C=O) groups is 1. The van der Waals surface area contributed by atoms with Crippen LogP contribution in [0.2, 0.25) is 5.02 Å². The summed E-state index contributed by atoms with van der Waals surface area (Å²) in [5.41, 5.74) is -2.91. The number of amides is 1. The monoisotopic (exact) mass is 451 g/mol. The second-order valence-electron chi connectivity index (χ2n) is 5.40. The number of non-ortho nitro benzene ring substituents is 1. The molecule has 0 saturated carbocycles. The Hall–Kier alpha value is -3.06. The van der Waals surface area contributed by atoms with Crippen LogP contribution in [0, 0.1) is 20.2 Å². The number of halogens is 4. The van der Waals surface area contributed by atoms with E-state index in [0.29, 0.717) is 18.2 Å². The van der Waals surface area contributed by atoms with Gasteiger partial charge in [0, 0.05) is 6.07 Å². The van der Waals surface area contributed by atoms with Crippen molar-refractivity contribution < 1.29 is 32.0 Å². The van der Waals surface area contributed by atoms with E-state index in [1.54, 1.807) is 0 Å². The molecule has 0 aliphatic carbocycles. The molecule has 1 unspecified atom stereocenters. The highest BCUT2D eigenvalue weighted by molar-refractivity contribution is 7.86. The van der Waals surface area contributed by atoms with Crippen LogP contribution in [-0.4, -0.2) is 25.7 Å². The molecule has 0 saturated heterocycles. The SMILES string of the molecule is O=C(CS(=O)c1ccc([N+](=O)[O-])cc1[N+](=O)[O-])Nc1cc(C(F)(F)F)ccc1Cl. The molecular weight excluding hydrogens is 443 g/mol. The van der Waals surface area contributed by atoms with Crippen molar-refractivity contribution in [3.05, 3.63) is 67.2 Å². The molecule has 2 aromatic carbocycles. The standard InChI is InChI=1S/C15H9ClF3N3O6S/c16-10-3-1-8(15(17,18)19)5-11(10)20-14(23)7-29(28)13-4-2-9(21(24)25)6-12(13)22(26)27/h1-6H,7H2,(H,20,23). The fourth-order valence-electron chi connectivity index (χ4n) is 2.14. The Bertz CT molecular complexity index is 1030. The van der Waals surface area contributed by atoms with E-state index >= 15 is 0 Å². The second-order valence-corrected chi connectivity index (χ2v) is 7.22. The largest absolute Gasteiger partial charge is 0.416 e. The number of nitrogens with one attached hydrogen (secondary N) is 1. The Morgan fingerprint density at radius 3 is 2.31 bits per heavy atom. The Balaban J connectivity index is 2.23. The minimum absolute atomic E-state index is 0.210. The first-order valence-electron chi connectivity index (χ1n) is 7.38. The number of nitro benzene ring substituents is 2. The molecule has 0 heterocycles. The molecule has 1 atom stereocenters. The van der Waals surface area contributed by atoms with Gasteiger partial charge in [-0.15, -0.1) is 0 Å². The van der Waals surface area contributed by atoms with E-state index < -0.39 is 60.3 Å². The number of nitro groups is 2. The van der Waals surface area contributed by atoms with Gasteiger partial charge >= 0.3 is 6.18 Å². The lowest BCUT2D eigenvalue weighted by atomic mass is 10.2. The fraction of sp³-hybridized carbons (Fsp3) is 0.133. The summed E-state index contributed by atoms with van der Waals surface area (Å²) in [5, 5.41) is 23.6. The van der Waals surface area contributed by atoms with Crippen molar-refractivity contribution in [1.29, 1.82) is 0 Å². The molecule has 1 N–H and O–H groups in total. The summed E-state index contributed by atoms with van der Waals surface area (Å²) in [7, 11) is -2.31. The third kappa shape index (κ3) is 5.48. The third-order valence-corrected chi connectivity index (χ3v) is 5.12. The van der Waals surface area contributed by atoms with Crippen molar-refractivity contribution in [3.63, 3.8) is 0 Å². The number of benzene rings is 2. The molecule has 154 valence electrons. The highest BCUT2D eigenvalue weighted by Gasteiger charge is 2.31. The maximum Gasteiger partial charge on any atom is 0.416 e. The average Bonchev–Trinajstić information content (AvgIpc) is 2.61. The van der Waals surface area contributed by atoms with E-state index in [-0.39, 0.29) is 10.7 Å². The van der Waals surface area contributed by atoms with Gasteiger partial charge in [0.15, 0.2) is 0 Å². The summed E-state index contributed by atoms with van der Waals surface area (Å²) in [4.78, 5) is 31.5. The highest BCUT2D eigenvalue weighted by Crippen LogP contribution is 2.34. The number of alkyl halides is 3. The molecule has 9 nitrogen and oxygen atoms in total. The van der Waals surface area contributed by atoms with Gasteiger partial charge in [-0.05, 0) is 24.3 Å². The Morgan fingerprint density at radius 2 is 1.76 bits per heavy atom. The smallest absolute Gasteiger partial charge is 0.324 e. The lowest BCUT2D eigenvalue weighted by Crippen LogP contribution is -2.20. The molecule has 0 aliphatic heterocycles. The van der Waals surface area contributed by atoms with Crippen molar-refractivity contribution in [2.75, 3.05) is 11.1 Å². The molecule has 0 bridgehead atoms. The Morgan fingerprint density at radius 1 is 1.10 bits per heavy atom. The second kappa shape index (κ2) is 8.53. The van der Waals surface area contributed by atoms with Crippen LogP contribution in [0.4, 0.5) is 30.2 Å². The molecule has 14 heteroatoms. The molecule has 0 fully saturated rings. The quantitative estimate of drug-likeness (QED) is 0.522. The minimum Gasteiger partial charge on any atom is -0.324 e. The van der Waals surface area contributed by atoms with Crippen LogP contribution >= 0.6 is 11.6 Å². The van der Waals surface area contributed by atoms with Crippen LogP contribution in [0.5, 0.6) is 0 Å². The maximum absolute atomic E-state index is 12.8. The van der Waals surface area contributed by atoms with Crippen LogP contribution in [0.25, 0.3) is 0 Å². The lowest BCUT2D eigenvalue weighted by Gasteiger charge is -2.11. The van der Waals surface area contributed by atoms with Gasteiger partial charge in [0.1, 0.15) is 10.6 Å². The van der Waals surface area contributed by atoms with Crippen LogP contribution in [0.1, 0.15) is 5.56 Å². The van der Waals surface area contributed by atoms with Gasteiger partial charge in [0.05, 0.1) is 43.0 Å². The van der Waals surface area contributed by atoms with Crippen molar-refractivity contribution in [3.8, 4) is 0 Å². The number of nitrogens with zero attached hydrogens (tertiary/aromatic N) is 2. The number of carbonyl (C=O) groups excluding carboxylic acids is 1. The zero-order chi connectivity index (χ0) is 21.9. The number of hydrogen-bond acceptors (Lipinski definition) is 6. The normalized spacial score (nSPS) is 12.3. The zero-order valence-corrected chi connectivity index (χ0v) is 15.5. The molecule has 1 amide bonds. The number of hydrogen-bond donors (Lipinski definition) is 1. The van der Waals surface area contributed by atoms with Crippen molar-refractivity contribution in [2.45, 2.75) is 11.1 Å². The highest BCUT2D eigenvalue weighted by atomic mass is 35.5. The van der Waals surface area contributed by atoms with E-state index in [9.17, 15) is 42.4 Å². The first-order valence-corrected chi connectivity index (χ1v) is 9.07. The summed E-state index contributed by atoms with van der Waals surface area (Å²) in [5.74, 6) is -1.89. The Labute approximate surface area is 167 Å². The summed E-state index contributed by atoms with van der Waals surface area (Å²) < 4.78 is 50.6. The third-order valence-electron chi connectivity index (χ3n) is 3.43. The molecule has 0 radical (unpaired) electrons.